The summed E-state index contributed by atoms with van der Waals surface area (Å²) >= 11 is 3.39. The Morgan fingerprint density at radius 1 is 1.00 bits per heavy atom. The highest BCUT2D eigenvalue weighted by Crippen LogP contribution is 2.21. The predicted molar refractivity (Wildman–Crippen MR) is 71.5 cm³/mol. The van der Waals surface area contributed by atoms with Crippen molar-refractivity contribution in [1.29, 1.82) is 0 Å². The van der Waals surface area contributed by atoms with Gasteiger partial charge in [0, 0.05) is 16.2 Å². The van der Waals surface area contributed by atoms with Crippen molar-refractivity contribution in [3.63, 3.8) is 0 Å². The fraction of sp³-hybridized carbons (Fsp3) is 0.214. The van der Waals surface area contributed by atoms with E-state index in [1.54, 1.807) is 0 Å². The Bertz CT molecular complexity index is 457. The van der Waals surface area contributed by atoms with Gasteiger partial charge in [-0.15, -0.1) is 0 Å². The molecule has 1 nitrogen and oxygen atoms in total. The third-order valence-corrected chi connectivity index (χ3v) is 3.07. The highest BCUT2D eigenvalue weighted by Gasteiger charge is 2.01. The van der Waals surface area contributed by atoms with Crippen LogP contribution in [0.25, 0.3) is 11.3 Å². The molecule has 0 N–H and O–H groups in total. The second-order valence-electron chi connectivity index (χ2n) is 4.14. The third kappa shape index (κ3) is 2.50. The van der Waals surface area contributed by atoms with Crippen molar-refractivity contribution in [2.45, 2.75) is 19.8 Å². The molecule has 1 heterocycles. The fourth-order valence-electron chi connectivity index (χ4n) is 1.59. The Balaban J connectivity index is 2.31. The summed E-state index contributed by atoms with van der Waals surface area (Å²) in [4.78, 5) is 4.38. The Labute approximate surface area is 105 Å². The van der Waals surface area contributed by atoms with Gasteiger partial charge in [-0.05, 0) is 39.5 Å². The second kappa shape index (κ2) is 4.79. The standard InChI is InChI=1S/C14H14BrN/c1-10(2)11-3-5-12(6-4-11)14-8-7-13(15)9-16-14/h3-10H,1-2H3. The summed E-state index contributed by atoms with van der Waals surface area (Å²) in [6.07, 6.45) is 1.83. The van der Waals surface area contributed by atoms with E-state index in [0.717, 1.165) is 15.7 Å². The normalized spacial score (nSPS) is 10.8. The Morgan fingerprint density at radius 2 is 1.69 bits per heavy atom. The van der Waals surface area contributed by atoms with Crippen LogP contribution in [0.4, 0.5) is 0 Å². The van der Waals surface area contributed by atoms with Crippen LogP contribution < -0.4 is 0 Å². The van der Waals surface area contributed by atoms with Crippen molar-refractivity contribution in [1.82, 2.24) is 4.98 Å². The van der Waals surface area contributed by atoms with E-state index in [0.29, 0.717) is 5.92 Å². The number of benzene rings is 1. The van der Waals surface area contributed by atoms with Crippen LogP contribution in [0, 0.1) is 0 Å². The van der Waals surface area contributed by atoms with Crippen molar-refractivity contribution < 1.29 is 0 Å². The maximum absolute atomic E-state index is 4.38. The first-order valence-corrected chi connectivity index (χ1v) is 6.18. The Hall–Kier alpha value is -1.15. The van der Waals surface area contributed by atoms with Crippen LogP contribution in [0.15, 0.2) is 47.1 Å². The zero-order valence-electron chi connectivity index (χ0n) is 9.44. The molecule has 0 fully saturated rings. The molecule has 0 atom stereocenters. The molecule has 0 aliphatic heterocycles. The molecule has 82 valence electrons. The molecule has 0 bridgehead atoms. The minimum Gasteiger partial charge on any atom is -0.255 e. The smallest absolute Gasteiger partial charge is 0.0702 e. The number of nitrogens with zero attached hydrogens (tertiary/aromatic N) is 1. The molecule has 0 radical (unpaired) electrons. The minimum absolute atomic E-state index is 0.576. The van der Waals surface area contributed by atoms with Gasteiger partial charge in [-0.25, -0.2) is 0 Å². The summed E-state index contributed by atoms with van der Waals surface area (Å²) in [5.74, 6) is 0.576. The second-order valence-corrected chi connectivity index (χ2v) is 5.05. The summed E-state index contributed by atoms with van der Waals surface area (Å²) in [5.41, 5.74) is 3.54. The van der Waals surface area contributed by atoms with Crippen LogP contribution in [0.1, 0.15) is 25.3 Å². The zero-order valence-corrected chi connectivity index (χ0v) is 11.0. The molecule has 2 rings (SSSR count). The van der Waals surface area contributed by atoms with Crippen LogP contribution in [-0.2, 0) is 0 Å². The fourth-order valence-corrected chi connectivity index (χ4v) is 1.82. The first-order chi connectivity index (χ1) is 7.66. The Morgan fingerprint density at radius 3 is 2.19 bits per heavy atom. The lowest BCUT2D eigenvalue weighted by Gasteiger charge is -2.06. The molecule has 0 saturated carbocycles. The summed E-state index contributed by atoms with van der Waals surface area (Å²) in [6, 6.07) is 12.6. The molecule has 16 heavy (non-hydrogen) atoms. The monoisotopic (exact) mass is 275 g/mol. The molecule has 0 amide bonds. The maximum atomic E-state index is 4.38. The van der Waals surface area contributed by atoms with Gasteiger partial charge in [-0.2, -0.15) is 0 Å². The average Bonchev–Trinajstić information content (AvgIpc) is 2.30. The summed E-state index contributed by atoms with van der Waals surface area (Å²) < 4.78 is 1.01. The van der Waals surface area contributed by atoms with Crippen molar-refractivity contribution in [3.05, 3.63) is 52.6 Å². The van der Waals surface area contributed by atoms with Gasteiger partial charge in [0.15, 0.2) is 0 Å². The lowest BCUT2D eigenvalue weighted by Crippen LogP contribution is -1.87. The largest absolute Gasteiger partial charge is 0.255 e. The van der Waals surface area contributed by atoms with E-state index in [4.69, 9.17) is 0 Å². The molecule has 2 heteroatoms. The SMILES string of the molecule is CC(C)c1ccc(-c2ccc(Br)cn2)cc1. The highest BCUT2D eigenvalue weighted by atomic mass is 79.9. The van der Waals surface area contributed by atoms with Gasteiger partial charge < -0.3 is 0 Å². The molecule has 0 aliphatic carbocycles. The van der Waals surface area contributed by atoms with Crippen LogP contribution in [0.5, 0.6) is 0 Å². The first-order valence-electron chi connectivity index (χ1n) is 5.38. The lowest BCUT2D eigenvalue weighted by molar-refractivity contribution is 0.867. The molecule has 1 aromatic heterocycles. The molecular formula is C14H14BrN. The quantitative estimate of drug-likeness (QED) is 0.779. The number of hydrogen-bond acceptors (Lipinski definition) is 1. The number of hydrogen-bond donors (Lipinski definition) is 0. The highest BCUT2D eigenvalue weighted by molar-refractivity contribution is 9.10. The maximum Gasteiger partial charge on any atom is 0.0702 e. The van der Waals surface area contributed by atoms with Gasteiger partial charge >= 0.3 is 0 Å². The molecule has 0 spiro atoms. The molecular weight excluding hydrogens is 262 g/mol. The zero-order chi connectivity index (χ0) is 11.5. The van der Waals surface area contributed by atoms with Crippen molar-refractivity contribution in [3.8, 4) is 11.3 Å². The Kier molecular flexibility index (Phi) is 3.39. The van der Waals surface area contributed by atoms with Crippen molar-refractivity contribution >= 4 is 15.9 Å². The summed E-state index contributed by atoms with van der Waals surface area (Å²) in [6.45, 7) is 4.40. The number of rotatable bonds is 2. The van der Waals surface area contributed by atoms with Crippen LogP contribution in [-0.4, -0.2) is 4.98 Å². The number of pyridine rings is 1. The van der Waals surface area contributed by atoms with E-state index >= 15 is 0 Å². The summed E-state index contributed by atoms with van der Waals surface area (Å²) in [5, 5.41) is 0. The predicted octanol–water partition coefficient (Wildman–Crippen LogP) is 4.63. The van der Waals surface area contributed by atoms with Gasteiger partial charge in [0.25, 0.3) is 0 Å². The van der Waals surface area contributed by atoms with Gasteiger partial charge in [-0.3, -0.25) is 4.98 Å². The molecule has 0 aliphatic rings. The number of aromatic nitrogens is 1. The lowest BCUT2D eigenvalue weighted by atomic mass is 10.0. The van der Waals surface area contributed by atoms with E-state index in [9.17, 15) is 0 Å². The van der Waals surface area contributed by atoms with Crippen LogP contribution in [0.3, 0.4) is 0 Å². The minimum atomic E-state index is 0.576. The van der Waals surface area contributed by atoms with E-state index in [2.05, 4.69) is 59.0 Å². The average molecular weight is 276 g/mol. The molecule has 0 unspecified atom stereocenters. The van der Waals surface area contributed by atoms with E-state index < -0.39 is 0 Å². The van der Waals surface area contributed by atoms with E-state index in [1.165, 1.54) is 5.56 Å². The molecule has 0 saturated heterocycles. The molecule has 1 aromatic carbocycles. The van der Waals surface area contributed by atoms with Crippen LogP contribution in [0.2, 0.25) is 0 Å². The summed E-state index contributed by atoms with van der Waals surface area (Å²) in [7, 11) is 0. The van der Waals surface area contributed by atoms with E-state index in [1.807, 2.05) is 18.3 Å². The van der Waals surface area contributed by atoms with Crippen LogP contribution >= 0.6 is 15.9 Å². The number of halogens is 1. The van der Waals surface area contributed by atoms with E-state index in [-0.39, 0.29) is 0 Å². The molecule has 2 aromatic rings. The van der Waals surface area contributed by atoms with Gasteiger partial charge in [-0.1, -0.05) is 38.1 Å². The third-order valence-electron chi connectivity index (χ3n) is 2.60. The van der Waals surface area contributed by atoms with Gasteiger partial charge in [0.2, 0.25) is 0 Å². The van der Waals surface area contributed by atoms with Gasteiger partial charge in [0.05, 0.1) is 5.69 Å². The van der Waals surface area contributed by atoms with Crippen molar-refractivity contribution in [2.24, 2.45) is 0 Å². The first kappa shape index (κ1) is 11.3. The van der Waals surface area contributed by atoms with Crippen molar-refractivity contribution in [2.75, 3.05) is 0 Å². The topological polar surface area (TPSA) is 12.9 Å². The van der Waals surface area contributed by atoms with Gasteiger partial charge in [0.1, 0.15) is 0 Å².